The van der Waals surface area contributed by atoms with E-state index in [1.807, 2.05) is 6.92 Å². The molecule has 0 unspecified atom stereocenters. The summed E-state index contributed by atoms with van der Waals surface area (Å²) in [6.45, 7) is 1.85. The first-order valence-electron chi connectivity index (χ1n) is 5.14. The van der Waals surface area contributed by atoms with Gasteiger partial charge in [-0.1, -0.05) is 15.9 Å². The van der Waals surface area contributed by atoms with E-state index in [0.29, 0.717) is 14.6 Å². The van der Waals surface area contributed by atoms with Crippen LogP contribution in [0.2, 0.25) is 0 Å². The molecule has 1 N–H and O–H groups in total. The Balaban J connectivity index is 2.43. The lowest BCUT2D eigenvalue weighted by Gasteiger charge is -2.11. The van der Waals surface area contributed by atoms with Crippen molar-refractivity contribution in [2.75, 3.05) is 4.72 Å². The van der Waals surface area contributed by atoms with Crippen molar-refractivity contribution in [1.29, 1.82) is 0 Å². The second-order valence-electron chi connectivity index (χ2n) is 3.87. The summed E-state index contributed by atoms with van der Waals surface area (Å²) < 4.78 is 30.6. The van der Waals surface area contributed by atoms with Crippen LogP contribution in [-0.4, -0.2) is 8.42 Å². The summed E-state index contributed by atoms with van der Waals surface area (Å²) in [5.41, 5.74) is 1.36. The van der Waals surface area contributed by atoms with Gasteiger partial charge in [-0.05, 0) is 78.5 Å². The third kappa shape index (κ3) is 3.67. The Hall–Kier alpha value is 0.590. The summed E-state index contributed by atoms with van der Waals surface area (Å²) in [5.74, 6) is 0. The molecule has 0 radical (unpaired) electrons. The summed E-state index contributed by atoms with van der Waals surface area (Å²) >= 11 is 14.6. The monoisotopic (exact) mass is 565 g/mol. The Bertz CT molecular complexity index is 728. The third-order valence-corrected chi connectivity index (χ3v) is 8.01. The van der Waals surface area contributed by atoms with E-state index in [1.54, 1.807) is 18.2 Å². The fourth-order valence-corrected chi connectivity index (χ4v) is 7.43. The van der Waals surface area contributed by atoms with Crippen LogP contribution in [0, 0.1) is 6.92 Å². The van der Waals surface area contributed by atoms with Gasteiger partial charge in [0.15, 0.2) is 0 Å². The SMILES string of the molecule is Cc1cc(S(=O)(=O)Nc2c(Br)cc(Br)cc2Br)sc1Br. The Morgan fingerprint density at radius 2 is 1.60 bits per heavy atom. The molecular weight excluding hydrogens is 562 g/mol. The molecule has 3 nitrogen and oxygen atoms in total. The molecule has 0 aliphatic heterocycles. The summed E-state index contributed by atoms with van der Waals surface area (Å²) in [5, 5.41) is 0. The summed E-state index contributed by atoms with van der Waals surface area (Å²) in [4.78, 5) is 0. The quantitative estimate of drug-likeness (QED) is 0.501. The number of thiophene rings is 1. The summed E-state index contributed by atoms with van der Waals surface area (Å²) in [7, 11) is -3.61. The molecule has 2 rings (SSSR count). The topological polar surface area (TPSA) is 46.2 Å². The first-order chi connectivity index (χ1) is 9.20. The van der Waals surface area contributed by atoms with Crippen LogP contribution in [0.1, 0.15) is 5.56 Å². The van der Waals surface area contributed by atoms with Gasteiger partial charge in [0.2, 0.25) is 0 Å². The number of anilines is 1. The van der Waals surface area contributed by atoms with Crippen LogP contribution in [0.4, 0.5) is 5.69 Å². The van der Waals surface area contributed by atoms with E-state index < -0.39 is 10.0 Å². The molecule has 1 heterocycles. The Labute approximate surface area is 154 Å². The lowest BCUT2D eigenvalue weighted by Crippen LogP contribution is -2.12. The number of rotatable bonds is 3. The van der Waals surface area contributed by atoms with Gasteiger partial charge in [0.1, 0.15) is 4.21 Å². The highest BCUT2D eigenvalue weighted by Crippen LogP contribution is 2.37. The van der Waals surface area contributed by atoms with Gasteiger partial charge in [0.25, 0.3) is 10.0 Å². The lowest BCUT2D eigenvalue weighted by molar-refractivity contribution is 0.603. The molecule has 9 heteroatoms. The predicted molar refractivity (Wildman–Crippen MR) is 97.1 cm³/mol. The van der Waals surface area contributed by atoms with E-state index in [-0.39, 0.29) is 4.21 Å². The van der Waals surface area contributed by atoms with E-state index in [2.05, 4.69) is 68.4 Å². The van der Waals surface area contributed by atoms with Gasteiger partial charge < -0.3 is 0 Å². The summed E-state index contributed by atoms with van der Waals surface area (Å²) in [6.07, 6.45) is 0. The van der Waals surface area contributed by atoms with Crippen molar-refractivity contribution in [2.24, 2.45) is 0 Å². The molecule has 0 aliphatic rings. The van der Waals surface area contributed by atoms with Crippen LogP contribution < -0.4 is 4.72 Å². The standard InChI is InChI=1S/C11H7Br4NO2S2/c1-5-2-9(19-11(5)15)20(17,18)16-10-7(13)3-6(12)4-8(10)14/h2-4,16H,1H3. The number of benzene rings is 1. The minimum Gasteiger partial charge on any atom is -0.277 e. The number of halogens is 4. The lowest BCUT2D eigenvalue weighted by atomic mass is 10.3. The first kappa shape index (κ1) is 17.0. The van der Waals surface area contributed by atoms with E-state index in [4.69, 9.17) is 0 Å². The molecule has 1 aromatic heterocycles. The summed E-state index contributed by atoms with van der Waals surface area (Å²) in [6, 6.07) is 5.19. The largest absolute Gasteiger partial charge is 0.277 e. The average Bonchev–Trinajstić information content (AvgIpc) is 2.65. The molecule has 1 aromatic carbocycles. The zero-order chi connectivity index (χ0) is 15.1. The Morgan fingerprint density at radius 3 is 2.05 bits per heavy atom. The molecule has 0 aliphatic carbocycles. The normalized spacial score (nSPS) is 11.7. The maximum atomic E-state index is 12.4. The van der Waals surface area contributed by atoms with E-state index in [0.717, 1.165) is 13.8 Å². The Kier molecular flexibility index (Phi) is 5.40. The highest BCUT2D eigenvalue weighted by atomic mass is 79.9. The Morgan fingerprint density at radius 1 is 1.05 bits per heavy atom. The van der Waals surface area contributed by atoms with E-state index >= 15 is 0 Å². The van der Waals surface area contributed by atoms with Crippen molar-refractivity contribution in [3.8, 4) is 0 Å². The van der Waals surface area contributed by atoms with Crippen molar-refractivity contribution in [1.82, 2.24) is 0 Å². The van der Waals surface area contributed by atoms with Crippen LogP contribution >= 0.6 is 75.1 Å². The highest BCUT2D eigenvalue weighted by molar-refractivity contribution is 9.12. The van der Waals surface area contributed by atoms with Crippen LogP contribution in [0.5, 0.6) is 0 Å². The zero-order valence-corrected chi connectivity index (χ0v) is 17.9. The van der Waals surface area contributed by atoms with Crippen molar-refractivity contribution in [3.05, 3.63) is 41.0 Å². The van der Waals surface area contributed by atoms with E-state index in [9.17, 15) is 8.42 Å². The minimum absolute atomic E-state index is 0.267. The predicted octanol–water partition coefficient (Wildman–Crippen LogP) is 5.91. The molecule has 0 spiro atoms. The van der Waals surface area contributed by atoms with Gasteiger partial charge in [-0.15, -0.1) is 11.3 Å². The fourth-order valence-electron chi connectivity index (χ4n) is 1.39. The number of hydrogen-bond donors (Lipinski definition) is 1. The number of aryl methyl sites for hydroxylation is 1. The van der Waals surface area contributed by atoms with Gasteiger partial charge >= 0.3 is 0 Å². The molecule has 20 heavy (non-hydrogen) atoms. The van der Waals surface area contributed by atoms with Gasteiger partial charge in [-0.25, -0.2) is 8.42 Å². The molecule has 0 saturated carbocycles. The maximum absolute atomic E-state index is 12.4. The van der Waals surface area contributed by atoms with Crippen LogP contribution in [0.25, 0.3) is 0 Å². The van der Waals surface area contributed by atoms with Crippen molar-refractivity contribution < 1.29 is 8.42 Å². The highest BCUT2D eigenvalue weighted by Gasteiger charge is 2.21. The van der Waals surface area contributed by atoms with Gasteiger partial charge in [-0.2, -0.15) is 0 Å². The molecule has 0 atom stereocenters. The van der Waals surface area contributed by atoms with E-state index in [1.165, 1.54) is 11.3 Å². The molecule has 2 aromatic rings. The second-order valence-corrected chi connectivity index (χ2v) is 10.8. The zero-order valence-electron chi connectivity index (χ0n) is 9.88. The third-order valence-electron chi connectivity index (χ3n) is 2.34. The molecule has 0 fully saturated rings. The molecule has 108 valence electrons. The number of sulfonamides is 1. The van der Waals surface area contributed by atoms with Crippen LogP contribution in [-0.2, 0) is 10.0 Å². The van der Waals surface area contributed by atoms with Gasteiger partial charge in [0, 0.05) is 13.4 Å². The number of hydrogen-bond acceptors (Lipinski definition) is 3. The number of nitrogens with one attached hydrogen (secondary N) is 1. The smallest absolute Gasteiger partial charge is 0.271 e. The molecule has 0 amide bonds. The molecule has 0 bridgehead atoms. The second kappa shape index (κ2) is 6.37. The first-order valence-corrected chi connectivity index (χ1v) is 10.6. The maximum Gasteiger partial charge on any atom is 0.271 e. The average molecular weight is 569 g/mol. The van der Waals surface area contributed by atoms with Crippen LogP contribution in [0.3, 0.4) is 0 Å². The van der Waals surface area contributed by atoms with Gasteiger partial charge in [-0.3, -0.25) is 4.72 Å². The fraction of sp³-hybridized carbons (Fsp3) is 0.0909. The van der Waals surface area contributed by atoms with Crippen molar-refractivity contribution >= 4 is 90.8 Å². The van der Waals surface area contributed by atoms with Crippen molar-refractivity contribution in [3.63, 3.8) is 0 Å². The minimum atomic E-state index is -3.61. The van der Waals surface area contributed by atoms with Crippen molar-refractivity contribution in [2.45, 2.75) is 11.1 Å². The molecule has 0 saturated heterocycles. The molecular formula is C11H7Br4NO2S2. The van der Waals surface area contributed by atoms with Crippen LogP contribution in [0.15, 0.2) is 39.6 Å². The van der Waals surface area contributed by atoms with Gasteiger partial charge in [0.05, 0.1) is 9.47 Å².